The van der Waals surface area contributed by atoms with Crippen molar-refractivity contribution in [3.05, 3.63) is 65.2 Å². The number of ether oxygens (including phenoxy) is 2. The molecule has 0 atom stereocenters. The minimum absolute atomic E-state index is 0.00141. The van der Waals surface area contributed by atoms with Gasteiger partial charge in [0.1, 0.15) is 13.2 Å². The van der Waals surface area contributed by atoms with Gasteiger partial charge in [0, 0.05) is 16.7 Å². The molecule has 0 bridgehead atoms. The lowest BCUT2D eigenvalue weighted by molar-refractivity contribution is -0.117. The quantitative estimate of drug-likeness (QED) is 0.728. The minimum Gasteiger partial charge on any atom is -0.486 e. The van der Waals surface area contributed by atoms with E-state index in [1.165, 1.54) is 0 Å². The van der Waals surface area contributed by atoms with Crippen molar-refractivity contribution in [2.75, 3.05) is 24.7 Å². The number of carbonyl (C=O) groups excluding carboxylic acids is 1. The Bertz CT molecular complexity index is 746. The van der Waals surface area contributed by atoms with E-state index in [1.54, 1.807) is 11.0 Å². The van der Waals surface area contributed by atoms with Gasteiger partial charge in [-0.3, -0.25) is 4.79 Å². The average Bonchev–Trinajstić information content (AvgIpc) is 2.61. The summed E-state index contributed by atoms with van der Waals surface area (Å²) in [6, 6.07) is 13.3. The lowest BCUT2D eigenvalue weighted by Gasteiger charge is -2.23. The van der Waals surface area contributed by atoms with Crippen molar-refractivity contribution in [2.45, 2.75) is 6.42 Å². The molecule has 0 radical (unpaired) electrons. The summed E-state index contributed by atoms with van der Waals surface area (Å²) in [6.45, 7) is 5.28. The maximum Gasteiger partial charge on any atom is 0.231 e. The van der Waals surface area contributed by atoms with Crippen LogP contribution in [0.15, 0.2) is 59.6 Å². The van der Waals surface area contributed by atoms with E-state index in [9.17, 15) is 4.79 Å². The maximum absolute atomic E-state index is 12.8. The van der Waals surface area contributed by atoms with Gasteiger partial charge in [-0.1, -0.05) is 40.2 Å². The molecular formula is C19H18BrNO3. The highest BCUT2D eigenvalue weighted by Crippen LogP contribution is 2.36. The summed E-state index contributed by atoms with van der Waals surface area (Å²) in [5.41, 5.74) is 1.73. The molecule has 0 fully saturated rings. The number of nitrogens with zero attached hydrogens (tertiary/aromatic N) is 1. The van der Waals surface area contributed by atoms with Gasteiger partial charge in [-0.2, -0.15) is 0 Å². The minimum atomic E-state index is -0.00141. The van der Waals surface area contributed by atoms with E-state index in [4.69, 9.17) is 9.47 Å². The summed E-state index contributed by atoms with van der Waals surface area (Å²) in [5.74, 6) is 1.39. The van der Waals surface area contributed by atoms with Gasteiger partial charge in [0.15, 0.2) is 11.5 Å². The zero-order chi connectivity index (χ0) is 16.9. The third-order valence-electron chi connectivity index (χ3n) is 3.73. The third kappa shape index (κ3) is 3.62. The number of benzene rings is 2. The predicted molar refractivity (Wildman–Crippen MR) is 97.8 cm³/mol. The molecule has 1 amide bonds. The van der Waals surface area contributed by atoms with Gasteiger partial charge in [-0.05, 0) is 29.8 Å². The lowest BCUT2D eigenvalue weighted by Crippen LogP contribution is -2.32. The van der Waals surface area contributed by atoms with Crippen molar-refractivity contribution in [1.29, 1.82) is 0 Å². The molecule has 0 saturated carbocycles. The van der Waals surface area contributed by atoms with E-state index in [2.05, 4.69) is 22.5 Å². The van der Waals surface area contributed by atoms with E-state index in [0.717, 1.165) is 15.7 Å². The van der Waals surface area contributed by atoms with Crippen LogP contribution in [0.3, 0.4) is 0 Å². The van der Waals surface area contributed by atoms with Crippen molar-refractivity contribution in [1.82, 2.24) is 0 Å². The standard InChI is InChI=1S/C19H18BrNO3/c1-2-8-21(15-6-4-3-5-7-15)19(22)12-14-11-17-18(13-16(14)20)24-10-9-23-17/h2-7,11,13H,1,8-10,12H2. The summed E-state index contributed by atoms with van der Waals surface area (Å²) in [6.07, 6.45) is 1.99. The molecule has 2 aromatic carbocycles. The summed E-state index contributed by atoms with van der Waals surface area (Å²) in [7, 11) is 0. The highest BCUT2D eigenvalue weighted by Gasteiger charge is 2.19. The van der Waals surface area contributed by atoms with E-state index in [-0.39, 0.29) is 12.3 Å². The molecule has 0 spiro atoms. The topological polar surface area (TPSA) is 38.8 Å². The van der Waals surface area contributed by atoms with Gasteiger partial charge >= 0.3 is 0 Å². The van der Waals surface area contributed by atoms with Crippen molar-refractivity contribution in [2.24, 2.45) is 0 Å². The first kappa shape index (κ1) is 16.6. The van der Waals surface area contributed by atoms with Crippen LogP contribution < -0.4 is 14.4 Å². The normalized spacial score (nSPS) is 12.5. The Morgan fingerprint density at radius 1 is 1.17 bits per heavy atom. The van der Waals surface area contributed by atoms with Crippen LogP contribution in [0.2, 0.25) is 0 Å². The molecule has 1 aliphatic heterocycles. The number of hydrogen-bond donors (Lipinski definition) is 0. The SMILES string of the molecule is C=CCN(C(=O)Cc1cc2c(cc1Br)OCCO2)c1ccccc1. The molecule has 3 rings (SSSR count). The molecule has 1 aliphatic rings. The van der Waals surface area contributed by atoms with Crippen LogP contribution in [0.25, 0.3) is 0 Å². The van der Waals surface area contributed by atoms with Crippen molar-refractivity contribution < 1.29 is 14.3 Å². The first-order chi connectivity index (χ1) is 11.7. The second kappa shape index (κ2) is 7.53. The van der Waals surface area contributed by atoms with Crippen LogP contribution >= 0.6 is 15.9 Å². The Labute approximate surface area is 149 Å². The van der Waals surface area contributed by atoms with E-state index < -0.39 is 0 Å². The second-order valence-corrected chi connectivity index (χ2v) is 6.25. The fraction of sp³-hybridized carbons (Fsp3) is 0.211. The molecule has 0 saturated heterocycles. The number of carbonyl (C=O) groups is 1. The molecule has 0 unspecified atom stereocenters. The van der Waals surface area contributed by atoms with Crippen molar-refractivity contribution >= 4 is 27.5 Å². The summed E-state index contributed by atoms with van der Waals surface area (Å²) >= 11 is 3.52. The Balaban J connectivity index is 1.83. The molecular weight excluding hydrogens is 370 g/mol. The summed E-state index contributed by atoms with van der Waals surface area (Å²) < 4.78 is 12.0. The number of halogens is 1. The van der Waals surface area contributed by atoms with Crippen LogP contribution in [-0.4, -0.2) is 25.7 Å². The fourth-order valence-corrected chi connectivity index (χ4v) is 3.05. The van der Waals surface area contributed by atoms with E-state index in [1.807, 2.05) is 42.5 Å². The number of rotatable bonds is 5. The van der Waals surface area contributed by atoms with Crippen LogP contribution in [0, 0.1) is 0 Å². The second-order valence-electron chi connectivity index (χ2n) is 5.39. The predicted octanol–water partition coefficient (Wildman–Crippen LogP) is 3.98. The van der Waals surface area contributed by atoms with Gasteiger partial charge in [-0.15, -0.1) is 6.58 Å². The van der Waals surface area contributed by atoms with Gasteiger partial charge in [-0.25, -0.2) is 0 Å². The zero-order valence-corrected chi connectivity index (χ0v) is 14.8. The van der Waals surface area contributed by atoms with Crippen LogP contribution in [0.5, 0.6) is 11.5 Å². The van der Waals surface area contributed by atoms with Gasteiger partial charge < -0.3 is 14.4 Å². The van der Waals surface area contributed by atoms with Crippen molar-refractivity contribution in [3.8, 4) is 11.5 Å². The van der Waals surface area contributed by atoms with Gasteiger partial charge in [0.05, 0.1) is 6.42 Å². The molecule has 0 aliphatic carbocycles. The largest absolute Gasteiger partial charge is 0.486 e. The smallest absolute Gasteiger partial charge is 0.231 e. The number of para-hydroxylation sites is 1. The molecule has 2 aromatic rings. The first-order valence-electron chi connectivity index (χ1n) is 7.73. The van der Waals surface area contributed by atoms with Gasteiger partial charge in [0.2, 0.25) is 5.91 Å². The molecule has 4 nitrogen and oxygen atoms in total. The molecule has 24 heavy (non-hydrogen) atoms. The molecule has 0 N–H and O–H groups in total. The Morgan fingerprint density at radius 2 is 1.83 bits per heavy atom. The summed E-state index contributed by atoms with van der Waals surface area (Å²) in [5, 5.41) is 0. The van der Waals surface area contributed by atoms with E-state index >= 15 is 0 Å². The number of hydrogen-bond acceptors (Lipinski definition) is 3. The number of anilines is 1. The van der Waals surface area contributed by atoms with Crippen molar-refractivity contribution in [3.63, 3.8) is 0 Å². The monoisotopic (exact) mass is 387 g/mol. The van der Waals surface area contributed by atoms with Crippen LogP contribution in [-0.2, 0) is 11.2 Å². The highest BCUT2D eigenvalue weighted by atomic mass is 79.9. The highest BCUT2D eigenvalue weighted by molar-refractivity contribution is 9.10. The maximum atomic E-state index is 12.8. The Kier molecular flexibility index (Phi) is 5.20. The average molecular weight is 388 g/mol. The fourth-order valence-electron chi connectivity index (χ4n) is 2.59. The summed E-state index contributed by atoms with van der Waals surface area (Å²) in [4.78, 5) is 14.5. The molecule has 1 heterocycles. The van der Waals surface area contributed by atoms with E-state index in [0.29, 0.717) is 31.3 Å². The molecule has 5 heteroatoms. The Hall–Kier alpha value is -2.27. The van der Waals surface area contributed by atoms with Crippen LogP contribution in [0.1, 0.15) is 5.56 Å². The zero-order valence-electron chi connectivity index (χ0n) is 13.2. The molecule has 0 aromatic heterocycles. The van der Waals surface area contributed by atoms with Crippen LogP contribution in [0.4, 0.5) is 5.69 Å². The lowest BCUT2D eigenvalue weighted by atomic mass is 10.1. The molecule has 124 valence electrons. The number of amides is 1. The van der Waals surface area contributed by atoms with Gasteiger partial charge in [0.25, 0.3) is 0 Å². The third-order valence-corrected chi connectivity index (χ3v) is 4.47. The number of fused-ring (bicyclic) bond motifs is 1. The first-order valence-corrected chi connectivity index (χ1v) is 8.52. The Morgan fingerprint density at radius 3 is 2.50 bits per heavy atom.